The lowest BCUT2D eigenvalue weighted by molar-refractivity contribution is 0.0600. The first-order valence-corrected chi connectivity index (χ1v) is 12.9. The van der Waals surface area contributed by atoms with E-state index < -0.39 is 11.9 Å². The molecule has 0 fully saturated rings. The van der Waals surface area contributed by atoms with Gasteiger partial charge in [-0.05, 0) is 54.6 Å². The quantitative estimate of drug-likeness (QED) is 0.0923. The number of allylic oxidation sites excluding steroid dienone is 1. The number of esters is 2. The van der Waals surface area contributed by atoms with Gasteiger partial charge in [-0.25, -0.2) is 9.59 Å². The number of methoxy groups -OCH3 is 1. The van der Waals surface area contributed by atoms with E-state index in [4.69, 9.17) is 18.9 Å². The fourth-order valence-corrected chi connectivity index (χ4v) is 3.93. The normalized spacial score (nSPS) is 10.6. The minimum atomic E-state index is -0.474. The third-order valence-electron chi connectivity index (χ3n) is 6.09. The summed E-state index contributed by atoms with van der Waals surface area (Å²) in [5.74, 6) is 1.04. The second kappa shape index (κ2) is 14.7. The Morgan fingerprint density at radius 3 is 2.08 bits per heavy atom. The van der Waals surface area contributed by atoms with Gasteiger partial charge in [0.15, 0.2) is 0 Å². The van der Waals surface area contributed by atoms with Crippen molar-refractivity contribution >= 4 is 22.7 Å². The molecule has 3 rings (SSSR count). The number of unbranched alkanes of at least 4 members (excludes halogenated alkanes) is 5. The van der Waals surface area contributed by atoms with Crippen molar-refractivity contribution in [1.82, 2.24) is 0 Å². The van der Waals surface area contributed by atoms with Crippen molar-refractivity contribution in [2.24, 2.45) is 0 Å². The summed E-state index contributed by atoms with van der Waals surface area (Å²) in [4.78, 5) is 24.5. The third kappa shape index (κ3) is 8.38. The predicted octanol–water partition coefficient (Wildman–Crippen LogP) is 7.51. The van der Waals surface area contributed by atoms with Crippen molar-refractivity contribution in [3.8, 4) is 11.5 Å². The van der Waals surface area contributed by atoms with Crippen LogP contribution in [0.3, 0.4) is 0 Å². The molecule has 6 heteroatoms. The smallest absolute Gasteiger partial charge is 0.344 e. The Hall–Kier alpha value is -3.80. The van der Waals surface area contributed by atoms with Crippen LogP contribution >= 0.6 is 0 Å². The molecule has 0 bridgehead atoms. The van der Waals surface area contributed by atoms with E-state index in [2.05, 4.69) is 6.58 Å². The summed E-state index contributed by atoms with van der Waals surface area (Å²) in [7, 11) is 1.32. The molecule has 0 aliphatic heterocycles. The standard InChI is InChI=1S/C31H36O6/c1-4-23(2)35-21-11-7-5-6-8-12-22-36-29-20-19-28(26-13-9-10-14-27(26)29)31(33)37-25-17-15-24(16-18-25)30(32)34-3/h9-10,13-20H,2,4-8,11-12,21-22H2,1,3H3. The van der Waals surface area contributed by atoms with Crippen molar-refractivity contribution < 1.29 is 28.5 Å². The highest BCUT2D eigenvalue weighted by molar-refractivity contribution is 6.07. The lowest BCUT2D eigenvalue weighted by Gasteiger charge is -2.12. The predicted molar refractivity (Wildman–Crippen MR) is 145 cm³/mol. The summed E-state index contributed by atoms with van der Waals surface area (Å²) in [6.07, 6.45) is 7.54. The molecule has 0 amide bonds. The molecule has 0 saturated carbocycles. The number of ether oxygens (including phenoxy) is 4. The van der Waals surface area contributed by atoms with Crippen LogP contribution in [0.25, 0.3) is 10.8 Å². The van der Waals surface area contributed by atoms with Crippen LogP contribution in [0.5, 0.6) is 11.5 Å². The van der Waals surface area contributed by atoms with Gasteiger partial charge in [0.25, 0.3) is 0 Å². The minimum Gasteiger partial charge on any atom is -0.499 e. The van der Waals surface area contributed by atoms with E-state index in [9.17, 15) is 9.59 Å². The lowest BCUT2D eigenvalue weighted by Crippen LogP contribution is -2.10. The largest absolute Gasteiger partial charge is 0.499 e. The summed E-state index contributed by atoms with van der Waals surface area (Å²) in [6, 6.07) is 17.5. The summed E-state index contributed by atoms with van der Waals surface area (Å²) >= 11 is 0. The summed E-state index contributed by atoms with van der Waals surface area (Å²) in [5.41, 5.74) is 0.837. The second-order valence-electron chi connectivity index (χ2n) is 8.77. The Kier molecular flexibility index (Phi) is 11.0. The van der Waals surface area contributed by atoms with Crippen LogP contribution in [0.2, 0.25) is 0 Å². The first kappa shape index (κ1) is 27.8. The third-order valence-corrected chi connectivity index (χ3v) is 6.09. The van der Waals surface area contributed by atoms with Crippen LogP contribution in [0.1, 0.15) is 72.6 Å². The van der Waals surface area contributed by atoms with E-state index in [0.717, 1.165) is 61.0 Å². The summed E-state index contributed by atoms with van der Waals surface area (Å²) in [5, 5.41) is 1.64. The van der Waals surface area contributed by atoms with Gasteiger partial charge in [-0.2, -0.15) is 0 Å². The average molecular weight is 505 g/mol. The van der Waals surface area contributed by atoms with Crippen LogP contribution in [-0.4, -0.2) is 32.3 Å². The first-order valence-electron chi connectivity index (χ1n) is 12.9. The summed E-state index contributed by atoms with van der Waals surface area (Å²) in [6.45, 7) is 7.28. The highest BCUT2D eigenvalue weighted by Gasteiger charge is 2.16. The van der Waals surface area contributed by atoms with Gasteiger partial charge in [0, 0.05) is 11.8 Å². The lowest BCUT2D eigenvalue weighted by atomic mass is 10.0. The number of carbonyl (C=O) groups excluding carboxylic acids is 2. The molecular formula is C31H36O6. The molecule has 6 nitrogen and oxygen atoms in total. The SMILES string of the molecule is C=C(CC)OCCCCCCCCOc1ccc(C(=O)Oc2ccc(C(=O)OC)cc2)c2ccccc12. The van der Waals surface area contributed by atoms with Crippen LogP contribution in [-0.2, 0) is 9.47 Å². The molecular weight excluding hydrogens is 468 g/mol. The van der Waals surface area contributed by atoms with Crippen molar-refractivity contribution in [3.63, 3.8) is 0 Å². The zero-order valence-electron chi connectivity index (χ0n) is 21.8. The fourth-order valence-electron chi connectivity index (χ4n) is 3.93. The van der Waals surface area contributed by atoms with Crippen LogP contribution in [0.15, 0.2) is 73.0 Å². The van der Waals surface area contributed by atoms with Crippen molar-refractivity contribution in [3.05, 3.63) is 84.1 Å². The molecule has 3 aromatic rings. The molecule has 0 N–H and O–H groups in total. The molecule has 0 saturated heterocycles. The highest BCUT2D eigenvalue weighted by Crippen LogP contribution is 2.30. The molecule has 0 atom stereocenters. The zero-order chi connectivity index (χ0) is 26.5. The number of benzene rings is 3. The first-order chi connectivity index (χ1) is 18.0. The Morgan fingerprint density at radius 2 is 1.41 bits per heavy atom. The average Bonchev–Trinajstić information content (AvgIpc) is 2.93. The van der Waals surface area contributed by atoms with Gasteiger partial charge in [-0.1, -0.05) is 63.5 Å². The molecule has 0 aliphatic carbocycles. The van der Waals surface area contributed by atoms with Gasteiger partial charge >= 0.3 is 11.9 Å². The molecule has 0 heterocycles. The van der Waals surface area contributed by atoms with Gasteiger partial charge in [0.1, 0.15) is 11.5 Å². The number of hydrogen-bond donors (Lipinski definition) is 0. The molecule has 0 radical (unpaired) electrons. The van der Waals surface area contributed by atoms with Gasteiger partial charge in [0.05, 0.1) is 37.2 Å². The van der Waals surface area contributed by atoms with Crippen molar-refractivity contribution in [2.45, 2.75) is 51.9 Å². The number of carbonyl (C=O) groups is 2. The number of hydrogen-bond acceptors (Lipinski definition) is 6. The van der Waals surface area contributed by atoms with E-state index in [1.54, 1.807) is 30.3 Å². The number of rotatable bonds is 15. The van der Waals surface area contributed by atoms with E-state index in [1.165, 1.54) is 20.0 Å². The maximum Gasteiger partial charge on any atom is 0.344 e. The molecule has 3 aromatic carbocycles. The molecule has 0 spiro atoms. The van der Waals surface area contributed by atoms with E-state index in [1.807, 2.05) is 37.3 Å². The van der Waals surface area contributed by atoms with E-state index in [0.29, 0.717) is 23.5 Å². The van der Waals surface area contributed by atoms with Crippen LogP contribution in [0, 0.1) is 0 Å². The van der Waals surface area contributed by atoms with Gasteiger partial charge in [0.2, 0.25) is 0 Å². The van der Waals surface area contributed by atoms with E-state index >= 15 is 0 Å². The fraction of sp³-hybridized carbons (Fsp3) is 0.355. The Balaban J connectivity index is 1.49. The highest BCUT2D eigenvalue weighted by atomic mass is 16.5. The number of fused-ring (bicyclic) bond motifs is 1. The van der Waals surface area contributed by atoms with Gasteiger partial charge in [-0.15, -0.1) is 0 Å². The molecule has 196 valence electrons. The van der Waals surface area contributed by atoms with Crippen LogP contribution < -0.4 is 9.47 Å². The molecule has 0 aliphatic rings. The monoisotopic (exact) mass is 504 g/mol. The second-order valence-corrected chi connectivity index (χ2v) is 8.77. The van der Waals surface area contributed by atoms with Gasteiger partial charge in [-0.3, -0.25) is 0 Å². The Morgan fingerprint density at radius 1 is 0.757 bits per heavy atom. The Bertz CT molecular complexity index is 1180. The maximum atomic E-state index is 12.9. The minimum absolute atomic E-state index is 0.348. The molecule has 0 unspecified atom stereocenters. The van der Waals surface area contributed by atoms with Crippen molar-refractivity contribution in [2.75, 3.05) is 20.3 Å². The van der Waals surface area contributed by atoms with E-state index in [-0.39, 0.29) is 0 Å². The molecule has 37 heavy (non-hydrogen) atoms. The molecule has 0 aromatic heterocycles. The van der Waals surface area contributed by atoms with Crippen LogP contribution in [0.4, 0.5) is 0 Å². The Labute approximate surface area is 219 Å². The van der Waals surface area contributed by atoms with Gasteiger partial charge < -0.3 is 18.9 Å². The zero-order valence-corrected chi connectivity index (χ0v) is 21.8. The summed E-state index contributed by atoms with van der Waals surface area (Å²) < 4.78 is 21.9. The topological polar surface area (TPSA) is 71.1 Å². The maximum absolute atomic E-state index is 12.9. The van der Waals surface area contributed by atoms with Crippen molar-refractivity contribution in [1.29, 1.82) is 0 Å².